The van der Waals surface area contributed by atoms with Crippen LogP contribution in [0.5, 0.6) is 11.5 Å². The number of nitrogens with two attached hydrogens (primary N) is 1. The quantitative estimate of drug-likeness (QED) is 0.652. The van der Waals surface area contributed by atoms with Gasteiger partial charge in [-0.2, -0.15) is 0 Å². The number of aromatic nitrogens is 3. The van der Waals surface area contributed by atoms with Crippen LogP contribution in [0.4, 0.5) is 5.82 Å². The van der Waals surface area contributed by atoms with Crippen molar-refractivity contribution in [2.24, 2.45) is 0 Å². The van der Waals surface area contributed by atoms with E-state index < -0.39 is 0 Å². The number of rotatable bonds is 6. The molecule has 1 aliphatic rings. The van der Waals surface area contributed by atoms with Crippen LogP contribution in [0.15, 0.2) is 30.6 Å². The molecule has 0 bridgehead atoms. The molecule has 6 nitrogen and oxygen atoms in total. The number of phenols is 1. The summed E-state index contributed by atoms with van der Waals surface area (Å²) < 4.78 is 7.80. The fraction of sp³-hybridized carbons (Fsp3) is 0.400. The summed E-state index contributed by atoms with van der Waals surface area (Å²) in [4.78, 5) is 9.16. The minimum atomic E-state index is 0.138. The molecule has 2 aromatic heterocycles. The molecule has 136 valence electrons. The molecule has 0 radical (unpaired) electrons. The molecule has 1 aromatic carbocycles. The van der Waals surface area contributed by atoms with Gasteiger partial charge in [0.1, 0.15) is 22.9 Å². The van der Waals surface area contributed by atoms with Gasteiger partial charge in [0.2, 0.25) is 0 Å². The van der Waals surface area contributed by atoms with E-state index >= 15 is 0 Å². The minimum absolute atomic E-state index is 0.138. The number of nitrogens with zero attached hydrogens (tertiary/aromatic N) is 3. The largest absolute Gasteiger partial charge is 0.504 e. The van der Waals surface area contributed by atoms with E-state index in [1.54, 1.807) is 12.3 Å². The van der Waals surface area contributed by atoms with Gasteiger partial charge in [-0.25, -0.2) is 9.97 Å². The van der Waals surface area contributed by atoms with E-state index in [2.05, 4.69) is 16.3 Å². The molecule has 0 atom stereocenters. The van der Waals surface area contributed by atoms with Crippen molar-refractivity contribution in [2.75, 3.05) is 12.3 Å². The van der Waals surface area contributed by atoms with Crippen LogP contribution in [-0.4, -0.2) is 26.1 Å². The van der Waals surface area contributed by atoms with Gasteiger partial charge in [-0.3, -0.25) is 4.40 Å². The van der Waals surface area contributed by atoms with E-state index in [9.17, 15) is 5.11 Å². The smallest absolute Gasteiger partial charge is 0.161 e. The predicted molar refractivity (Wildman–Crippen MR) is 101 cm³/mol. The minimum Gasteiger partial charge on any atom is -0.504 e. The first kappa shape index (κ1) is 16.7. The molecule has 1 aliphatic carbocycles. The number of hydrogen-bond acceptors (Lipinski definition) is 5. The van der Waals surface area contributed by atoms with Gasteiger partial charge in [0.05, 0.1) is 6.61 Å². The van der Waals surface area contributed by atoms with Crippen LogP contribution in [0.25, 0.3) is 16.8 Å². The van der Waals surface area contributed by atoms with Crippen LogP contribution >= 0.6 is 0 Å². The van der Waals surface area contributed by atoms with Gasteiger partial charge < -0.3 is 15.6 Å². The Labute approximate surface area is 152 Å². The highest BCUT2D eigenvalue weighted by Crippen LogP contribution is 2.40. The van der Waals surface area contributed by atoms with Crippen LogP contribution in [0.1, 0.15) is 50.8 Å². The van der Waals surface area contributed by atoms with Gasteiger partial charge in [0.25, 0.3) is 0 Å². The second-order valence-corrected chi connectivity index (χ2v) is 6.86. The Morgan fingerprint density at radius 2 is 2.19 bits per heavy atom. The van der Waals surface area contributed by atoms with Gasteiger partial charge in [-0.15, -0.1) is 0 Å². The first-order chi connectivity index (χ1) is 12.7. The number of hydrogen-bond donors (Lipinski definition) is 2. The molecule has 3 N–H and O–H groups in total. The number of benzene rings is 1. The lowest BCUT2D eigenvalue weighted by molar-refractivity contribution is 0.293. The third-order valence-corrected chi connectivity index (χ3v) is 5.07. The molecule has 0 spiro atoms. The molecule has 0 unspecified atom stereocenters. The van der Waals surface area contributed by atoms with Crippen molar-refractivity contribution in [3.63, 3.8) is 0 Å². The Morgan fingerprint density at radius 3 is 2.92 bits per heavy atom. The number of unbranched alkanes of at least 4 members (excludes halogenated alkanes) is 1. The lowest BCUT2D eigenvalue weighted by Crippen LogP contribution is -2.12. The SMILES string of the molecule is CCCCOc1cc(-c2nc(C3CCC3)n3ccnc(N)c23)ccc1O. The molecule has 1 saturated carbocycles. The van der Waals surface area contributed by atoms with Crippen molar-refractivity contribution in [1.82, 2.24) is 14.4 Å². The Kier molecular flexibility index (Phi) is 4.41. The maximum atomic E-state index is 10.1. The summed E-state index contributed by atoms with van der Waals surface area (Å²) in [6, 6.07) is 5.34. The van der Waals surface area contributed by atoms with E-state index in [4.69, 9.17) is 15.5 Å². The van der Waals surface area contributed by atoms with Crippen molar-refractivity contribution in [3.8, 4) is 22.8 Å². The molecular weight excluding hydrogens is 328 g/mol. The average molecular weight is 352 g/mol. The van der Waals surface area contributed by atoms with Gasteiger partial charge >= 0.3 is 0 Å². The highest BCUT2D eigenvalue weighted by molar-refractivity contribution is 5.86. The third-order valence-electron chi connectivity index (χ3n) is 5.07. The monoisotopic (exact) mass is 352 g/mol. The van der Waals surface area contributed by atoms with Crippen molar-refractivity contribution >= 4 is 11.3 Å². The van der Waals surface area contributed by atoms with Crippen LogP contribution in [0.2, 0.25) is 0 Å². The summed E-state index contributed by atoms with van der Waals surface area (Å²) in [6.07, 6.45) is 9.17. The number of ether oxygens (including phenoxy) is 1. The molecule has 6 heteroatoms. The number of anilines is 1. The summed E-state index contributed by atoms with van der Waals surface area (Å²) in [5.41, 5.74) is 8.66. The fourth-order valence-electron chi connectivity index (χ4n) is 3.35. The van der Waals surface area contributed by atoms with E-state index in [1.165, 1.54) is 6.42 Å². The maximum Gasteiger partial charge on any atom is 0.161 e. The predicted octanol–water partition coefficient (Wildman–Crippen LogP) is 4.13. The second kappa shape index (κ2) is 6.86. The molecule has 3 aromatic rings. The summed E-state index contributed by atoms with van der Waals surface area (Å²) in [5, 5.41) is 10.1. The topological polar surface area (TPSA) is 85.7 Å². The zero-order valence-electron chi connectivity index (χ0n) is 15.0. The lowest BCUT2D eigenvalue weighted by atomic mass is 9.85. The first-order valence-corrected chi connectivity index (χ1v) is 9.27. The van der Waals surface area contributed by atoms with Gasteiger partial charge in [0.15, 0.2) is 11.5 Å². The van der Waals surface area contributed by atoms with Crippen molar-refractivity contribution in [3.05, 3.63) is 36.4 Å². The fourth-order valence-corrected chi connectivity index (χ4v) is 3.35. The Bertz CT molecular complexity index is 931. The molecule has 26 heavy (non-hydrogen) atoms. The molecular formula is C20H24N4O2. The number of fused-ring (bicyclic) bond motifs is 1. The number of aromatic hydroxyl groups is 1. The van der Waals surface area contributed by atoms with Crippen LogP contribution < -0.4 is 10.5 Å². The number of nitrogen functional groups attached to an aromatic ring is 1. The summed E-state index contributed by atoms with van der Waals surface area (Å²) in [7, 11) is 0. The first-order valence-electron chi connectivity index (χ1n) is 9.27. The molecule has 2 heterocycles. The molecule has 0 saturated heterocycles. The van der Waals surface area contributed by atoms with Gasteiger partial charge in [-0.05, 0) is 37.5 Å². The molecule has 0 amide bonds. The van der Waals surface area contributed by atoms with E-state index in [-0.39, 0.29) is 5.75 Å². The van der Waals surface area contributed by atoms with E-state index in [1.807, 2.05) is 18.3 Å². The van der Waals surface area contributed by atoms with E-state index in [0.29, 0.717) is 24.1 Å². The van der Waals surface area contributed by atoms with Crippen molar-refractivity contribution < 1.29 is 9.84 Å². The summed E-state index contributed by atoms with van der Waals surface area (Å²) >= 11 is 0. The Balaban J connectivity index is 1.80. The molecule has 0 aliphatic heterocycles. The normalized spacial score (nSPS) is 14.5. The highest BCUT2D eigenvalue weighted by Gasteiger charge is 2.27. The Hall–Kier alpha value is -2.76. The van der Waals surface area contributed by atoms with Crippen LogP contribution in [0, 0.1) is 0 Å². The summed E-state index contributed by atoms with van der Waals surface area (Å²) in [5.74, 6) is 2.58. The lowest BCUT2D eigenvalue weighted by Gasteiger charge is -2.23. The molecule has 4 rings (SSSR count). The van der Waals surface area contributed by atoms with Crippen LogP contribution in [0.3, 0.4) is 0 Å². The van der Waals surface area contributed by atoms with Gasteiger partial charge in [-0.1, -0.05) is 19.8 Å². The standard InChI is InChI=1S/C20H24N4O2/c1-2-3-11-26-16-12-14(7-8-15(16)25)17-18-19(21)22-9-10-24(18)20(23-17)13-5-4-6-13/h7-10,12-13,25H,2-6,11H2,1H3,(H2,21,22). The zero-order valence-corrected chi connectivity index (χ0v) is 15.0. The van der Waals surface area contributed by atoms with Crippen LogP contribution in [-0.2, 0) is 0 Å². The Morgan fingerprint density at radius 1 is 1.35 bits per heavy atom. The molecule has 1 fully saturated rings. The second-order valence-electron chi connectivity index (χ2n) is 6.86. The number of phenolic OH excluding ortho intramolecular Hbond substituents is 1. The van der Waals surface area contributed by atoms with E-state index in [0.717, 1.165) is 48.3 Å². The van der Waals surface area contributed by atoms with Gasteiger partial charge in [0, 0.05) is 23.9 Å². The van der Waals surface area contributed by atoms with Crippen molar-refractivity contribution in [1.29, 1.82) is 0 Å². The number of imidazole rings is 1. The average Bonchev–Trinajstić information content (AvgIpc) is 2.96. The maximum absolute atomic E-state index is 10.1. The third kappa shape index (κ3) is 2.85. The zero-order chi connectivity index (χ0) is 18.1. The highest BCUT2D eigenvalue weighted by atomic mass is 16.5. The summed E-state index contributed by atoms with van der Waals surface area (Å²) in [6.45, 7) is 2.68. The van der Waals surface area contributed by atoms with Crippen molar-refractivity contribution in [2.45, 2.75) is 44.9 Å².